The topological polar surface area (TPSA) is 55.5 Å². The highest BCUT2D eigenvalue weighted by molar-refractivity contribution is 6.31. The molecule has 3 N–H and O–H groups in total. The van der Waals surface area contributed by atoms with Crippen LogP contribution in [-0.2, 0) is 17.4 Å². The van der Waals surface area contributed by atoms with E-state index in [-0.39, 0.29) is 23.6 Å². The first-order chi connectivity index (χ1) is 7.36. The molecule has 0 spiro atoms. The Labute approximate surface area is 94.5 Å². The second-order valence-corrected chi connectivity index (χ2v) is 3.48. The molecule has 7 heteroatoms. The molecule has 0 aliphatic carbocycles. The van der Waals surface area contributed by atoms with Gasteiger partial charge in [-0.25, -0.2) is 5.90 Å². The second kappa shape index (κ2) is 4.90. The molecular formula is C9H9ClF3NO2. The fourth-order valence-corrected chi connectivity index (χ4v) is 1.50. The highest BCUT2D eigenvalue weighted by Gasteiger charge is 2.32. The maximum atomic E-state index is 12.3. The summed E-state index contributed by atoms with van der Waals surface area (Å²) in [6.45, 7) is 0.0542. The minimum absolute atomic E-state index is 0.0542. The van der Waals surface area contributed by atoms with Crippen LogP contribution in [0.25, 0.3) is 0 Å². The summed E-state index contributed by atoms with van der Waals surface area (Å²) in [6.07, 6.45) is -4.40. The van der Waals surface area contributed by atoms with Gasteiger partial charge >= 0.3 is 6.18 Å². The van der Waals surface area contributed by atoms with Crippen molar-refractivity contribution >= 4 is 11.6 Å². The number of hydrogen-bond donors (Lipinski definition) is 2. The van der Waals surface area contributed by atoms with E-state index in [4.69, 9.17) is 17.5 Å². The Balaban J connectivity index is 3.08. The van der Waals surface area contributed by atoms with Gasteiger partial charge in [0, 0.05) is 17.0 Å². The standard InChI is InChI=1S/C9H9ClF3NO2/c10-7-3-5(9(11,12)13)4-8(15)6(7)1-2-16-14/h3-4,15H,1-2,14H2. The smallest absolute Gasteiger partial charge is 0.416 e. The van der Waals surface area contributed by atoms with E-state index in [1.54, 1.807) is 0 Å². The number of halogens is 4. The minimum atomic E-state index is -4.54. The van der Waals surface area contributed by atoms with E-state index in [1.807, 2.05) is 0 Å². The lowest BCUT2D eigenvalue weighted by Crippen LogP contribution is -2.07. The van der Waals surface area contributed by atoms with Gasteiger partial charge in [0.15, 0.2) is 0 Å². The molecule has 0 amide bonds. The average molecular weight is 256 g/mol. The number of benzene rings is 1. The maximum Gasteiger partial charge on any atom is 0.416 e. The highest BCUT2D eigenvalue weighted by Crippen LogP contribution is 2.36. The molecule has 0 atom stereocenters. The predicted molar refractivity (Wildman–Crippen MR) is 52.0 cm³/mol. The van der Waals surface area contributed by atoms with Crippen molar-refractivity contribution < 1.29 is 23.1 Å². The molecule has 0 saturated carbocycles. The van der Waals surface area contributed by atoms with Crippen molar-refractivity contribution in [2.75, 3.05) is 6.61 Å². The van der Waals surface area contributed by atoms with Crippen LogP contribution in [0, 0.1) is 0 Å². The van der Waals surface area contributed by atoms with Crippen molar-refractivity contribution in [3.63, 3.8) is 0 Å². The van der Waals surface area contributed by atoms with Crippen LogP contribution in [-0.4, -0.2) is 11.7 Å². The quantitative estimate of drug-likeness (QED) is 0.816. The van der Waals surface area contributed by atoms with E-state index < -0.39 is 17.5 Å². The molecule has 1 aromatic rings. The van der Waals surface area contributed by atoms with Crippen LogP contribution in [0.1, 0.15) is 11.1 Å². The van der Waals surface area contributed by atoms with E-state index in [2.05, 4.69) is 4.84 Å². The fourth-order valence-electron chi connectivity index (χ4n) is 1.19. The Morgan fingerprint density at radius 2 is 2.00 bits per heavy atom. The van der Waals surface area contributed by atoms with Crippen molar-refractivity contribution in [3.05, 3.63) is 28.3 Å². The van der Waals surface area contributed by atoms with Crippen LogP contribution in [0.15, 0.2) is 12.1 Å². The summed E-state index contributed by atoms with van der Waals surface area (Å²) in [6, 6.07) is 1.38. The van der Waals surface area contributed by atoms with Gasteiger partial charge in [0.2, 0.25) is 0 Å². The van der Waals surface area contributed by atoms with Crippen LogP contribution in [0.4, 0.5) is 13.2 Å². The third kappa shape index (κ3) is 3.01. The summed E-state index contributed by atoms with van der Waals surface area (Å²) >= 11 is 5.62. The number of rotatable bonds is 3. The van der Waals surface area contributed by atoms with Gasteiger partial charge in [-0.2, -0.15) is 13.2 Å². The summed E-state index contributed by atoms with van der Waals surface area (Å²) in [7, 11) is 0. The van der Waals surface area contributed by atoms with Crippen molar-refractivity contribution in [3.8, 4) is 5.75 Å². The summed E-state index contributed by atoms with van der Waals surface area (Å²) in [5.74, 6) is 4.25. The van der Waals surface area contributed by atoms with Crippen LogP contribution in [0.5, 0.6) is 5.75 Å². The number of phenols is 1. The lowest BCUT2D eigenvalue weighted by molar-refractivity contribution is -0.137. The fraction of sp³-hybridized carbons (Fsp3) is 0.333. The van der Waals surface area contributed by atoms with Crippen molar-refractivity contribution in [1.82, 2.24) is 0 Å². The molecule has 3 nitrogen and oxygen atoms in total. The van der Waals surface area contributed by atoms with Gasteiger partial charge in [0.1, 0.15) is 5.75 Å². The molecule has 0 unspecified atom stereocenters. The average Bonchev–Trinajstić information content (AvgIpc) is 2.15. The van der Waals surface area contributed by atoms with Crippen LogP contribution in [0.3, 0.4) is 0 Å². The Morgan fingerprint density at radius 3 is 2.44 bits per heavy atom. The zero-order chi connectivity index (χ0) is 12.3. The normalized spacial score (nSPS) is 11.8. The van der Waals surface area contributed by atoms with Crippen molar-refractivity contribution in [1.29, 1.82) is 0 Å². The molecular weight excluding hydrogens is 247 g/mol. The summed E-state index contributed by atoms with van der Waals surface area (Å²) in [4.78, 5) is 4.26. The van der Waals surface area contributed by atoms with Gasteiger partial charge in [-0.1, -0.05) is 11.6 Å². The first-order valence-electron chi connectivity index (χ1n) is 4.26. The molecule has 0 radical (unpaired) electrons. The summed E-state index contributed by atoms with van der Waals surface area (Å²) < 4.78 is 37.0. The van der Waals surface area contributed by atoms with Gasteiger partial charge in [-0.15, -0.1) is 0 Å². The molecule has 90 valence electrons. The van der Waals surface area contributed by atoms with E-state index in [9.17, 15) is 18.3 Å². The van der Waals surface area contributed by atoms with Crippen LogP contribution in [0.2, 0.25) is 5.02 Å². The number of nitrogens with two attached hydrogens (primary N) is 1. The molecule has 1 aromatic carbocycles. The maximum absolute atomic E-state index is 12.3. The molecule has 0 aliphatic heterocycles. The minimum Gasteiger partial charge on any atom is -0.508 e. The lowest BCUT2D eigenvalue weighted by atomic mass is 10.1. The number of alkyl halides is 3. The first kappa shape index (κ1) is 13.1. The third-order valence-corrected chi connectivity index (χ3v) is 2.31. The Morgan fingerprint density at radius 1 is 1.38 bits per heavy atom. The molecule has 0 aromatic heterocycles. The zero-order valence-electron chi connectivity index (χ0n) is 8.01. The van der Waals surface area contributed by atoms with Crippen LogP contribution >= 0.6 is 11.6 Å². The van der Waals surface area contributed by atoms with Gasteiger partial charge in [0.25, 0.3) is 0 Å². The molecule has 0 fully saturated rings. The van der Waals surface area contributed by atoms with Crippen molar-refractivity contribution in [2.45, 2.75) is 12.6 Å². The molecule has 1 rings (SSSR count). The van der Waals surface area contributed by atoms with Crippen LogP contribution < -0.4 is 5.90 Å². The lowest BCUT2D eigenvalue weighted by Gasteiger charge is -2.11. The van der Waals surface area contributed by atoms with Gasteiger partial charge in [-0.3, -0.25) is 0 Å². The third-order valence-electron chi connectivity index (χ3n) is 1.97. The number of phenolic OH excluding ortho intramolecular Hbond substituents is 1. The molecule has 16 heavy (non-hydrogen) atoms. The molecule has 0 saturated heterocycles. The monoisotopic (exact) mass is 255 g/mol. The molecule has 0 bridgehead atoms. The Hall–Kier alpha value is -0.980. The van der Waals surface area contributed by atoms with E-state index in [0.717, 1.165) is 6.07 Å². The van der Waals surface area contributed by atoms with E-state index >= 15 is 0 Å². The Kier molecular flexibility index (Phi) is 4.01. The second-order valence-electron chi connectivity index (χ2n) is 3.07. The Bertz CT molecular complexity index is 359. The zero-order valence-corrected chi connectivity index (χ0v) is 8.77. The predicted octanol–water partition coefficient (Wildman–Crippen LogP) is 2.50. The van der Waals surface area contributed by atoms with E-state index in [1.165, 1.54) is 0 Å². The molecule has 0 heterocycles. The SMILES string of the molecule is NOCCc1c(O)cc(C(F)(F)F)cc1Cl. The highest BCUT2D eigenvalue weighted by atomic mass is 35.5. The van der Waals surface area contributed by atoms with Crippen molar-refractivity contribution in [2.24, 2.45) is 5.90 Å². The number of aromatic hydroxyl groups is 1. The van der Waals surface area contributed by atoms with Gasteiger partial charge in [0.05, 0.1) is 12.2 Å². The van der Waals surface area contributed by atoms with Gasteiger partial charge in [-0.05, 0) is 12.1 Å². The summed E-state index contributed by atoms with van der Waals surface area (Å²) in [5, 5.41) is 9.22. The van der Waals surface area contributed by atoms with Gasteiger partial charge < -0.3 is 9.94 Å². The largest absolute Gasteiger partial charge is 0.508 e. The first-order valence-corrected chi connectivity index (χ1v) is 4.64. The number of hydrogen-bond acceptors (Lipinski definition) is 3. The summed E-state index contributed by atoms with van der Waals surface area (Å²) in [5.41, 5.74) is -0.812. The molecule has 0 aliphatic rings. The van der Waals surface area contributed by atoms with E-state index in [0.29, 0.717) is 6.07 Å².